The molecular formula is C21H21N3O3. The van der Waals surface area contributed by atoms with Crippen molar-refractivity contribution in [3.63, 3.8) is 0 Å². The lowest BCUT2D eigenvalue weighted by Crippen LogP contribution is -2.38. The fourth-order valence-electron chi connectivity index (χ4n) is 3.11. The molecule has 1 fully saturated rings. The number of amides is 1. The summed E-state index contributed by atoms with van der Waals surface area (Å²) < 4.78 is 11.4. The molecule has 0 unspecified atom stereocenters. The van der Waals surface area contributed by atoms with E-state index in [1.165, 1.54) is 6.42 Å². The van der Waals surface area contributed by atoms with Crippen LogP contribution in [0.2, 0.25) is 0 Å². The fourth-order valence-corrected chi connectivity index (χ4v) is 3.11. The van der Waals surface area contributed by atoms with Gasteiger partial charge >= 0.3 is 0 Å². The number of carbonyl (C=O) groups excluding carboxylic acids is 1. The first-order valence-corrected chi connectivity index (χ1v) is 9.19. The molecular weight excluding hydrogens is 342 g/mol. The van der Waals surface area contributed by atoms with Crippen LogP contribution < -0.4 is 4.74 Å². The van der Waals surface area contributed by atoms with Crippen molar-refractivity contribution in [2.75, 3.05) is 19.7 Å². The molecule has 0 N–H and O–H groups in total. The predicted molar refractivity (Wildman–Crippen MR) is 101 cm³/mol. The summed E-state index contributed by atoms with van der Waals surface area (Å²) >= 11 is 0. The van der Waals surface area contributed by atoms with Crippen molar-refractivity contribution in [2.45, 2.75) is 19.3 Å². The molecule has 0 radical (unpaired) electrons. The minimum absolute atomic E-state index is 0.0446. The maximum absolute atomic E-state index is 12.2. The topological polar surface area (TPSA) is 68.5 Å². The highest BCUT2D eigenvalue weighted by Crippen LogP contribution is 2.25. The lowest BCUT2D eigenvalue weighted by Gasteiger charge is -2.26. The van der Waals surface area contributed by atoms with Gasteiger partial charge < -0.3 is 14.1 Å². The summed E-state index contributed by atoms with van der Waals surface area (Å²) in [6, 6.07) is 17.0. The Kier molecular flexibility index (Phi) is 5.14. The molecule has 6 heteroatoms. The molecule has 1 saturated heterocycles. The molecule has 138 valence electrons. The lowest BCUT2D eigenvalue weighted by molar-refractivity contribution is -0.134. The second-order valence-corrected chi connectivity index (χ2v) is 6.53. The molecule has 0 atom stereocenters. The summed E-state index contributed by atoms with van der Waals surface area (Å²) in [7, 11) is 0. The first kappa shape index (κ1) is 17.3. The van der Waals surface area contributed by atoms with Crippen molar-refractivity contribution < 1.29 is 13.9 Å². The summed E-state index contributed by atoms with van der Waals surface area (Å²) in [5.74, 6) is 1.62. The minimum Gasteiger partial charge on any atom is -0.484 e. The SMILES string of the molecule is O=C(COc1ccc(-c2nnc(-c3ccccc3)o2)cc1)N1CCCCC1. The average molecular weight is 363 g/mol. The molecule has 2 aromatic carbocycles. The van der Waals surface area contributed by atoms with Gasteiger partial charge in [-0.25, -0.2) is 0 Å². The van der Waals surface area contributed by atoms with Crippen LogP contribution >= 0.6 is 0 Å². The van der Waals surface area contributed by atoms with Crippen LogP contribution in [0.1, 0.15) is 19.3 Å². The van der Waals surface area contributed by atoms with Gasteiger partial charge in [0.15, 0.2) is 6.61 Å². The van der Waals surface area contributed by atoms with Gasteiger partial charge in [-0.2, -0.15) is 0 Å². The molecule has 2 heterocycles. The Hall–Kier alpha value is -3.15. The normalized spacial score (nSPS) is 14.1. The summed E-state index contributed by atoms with van der Waals surface area (Å²) in [5.41, 5.74) is 1.69. The number of aromatic nitrogens is 2. The Labute approximate surface area is 157 Å². The van der Waals surface area contributed by atoms with E-state index in [9.17, 15) is 4.79 Å². The Morgan fingerprint density at radius 1 is 0.889 bits per heavy atom. The van der Waals surface area contributed by atoms with E-state index in [-0.39, 0.29) is 12.5 Å². The van der Waals surface area contributed by atoms with Crippen LogP contribution in [-0.2, 0) is 4.79 Å². The van der Waals surface area contributed by atoms with Crippen molar-refractivity contribution >= 4 is 5.91 Å². The number of carbonyl (C=O) groups is 1. The van der Waals surface area contributed by atoms with Gasteiger partial charge in [0, 0.05) is 24.2 Å². The molecule has 1 aromatic heterocycles. The number of likely N-dealkylation sites (tertiary alicyclic amines) is 1. The van der Waals surface area contributed by atoms with E-state index in [2.05, 4.69) is 10.2 Å². The van der Waals surface area contributed by atoms with E-state index in [0.717, 1.165) is 37.1 Å². The molecule has 0 bridgehead atoms. The van der Waals surface area contributed by atoms with E-state index in [4.69, 9.17) is 9.15 Å². The number of hydrogen-bond donors (Lipinski definition) is 0. The number of nitrogens with zero attached hydrogens (tertiary/aromatic N) is 3. The maximum Gasteiger partial charge on any atom is 0.260 e. The second kappa shape index (κ2) is 8.03. The molecule has 1 amide bonds. The summed E-state index contributed by atoms with van der Waals surface area (Å²) in [5, 5.41) is 8.21. The van der Waals surface area contributed by atoms with Crippen LogP contribution in [0.3, 0.4) is 0 Å². The first-order chi connectivity index (χ1) is 13.3. The Morgan fingerprint density at radius 3 is 2.19 bits per heavy atom. The van der Waals surface area contributed by atoms with Gasteiger partial charge in [-0.3, -0.25) is 4.79 Å². The predicted octanol–water partition coefficient (Wildman–Crippen LogP) is 3.79. The molecule has 27 heavy (non-hydrogen) atoms. The molecule has 4 rings (SSSR count). The van der Waals surface area contributed by atoms with Gasteiger partial charge in [0.25, 0.3) is 5.91 Å². The van der Waals surface area contributed by atoms with E-state index < -0.39 is 0 Å². The number of hydrogen-bond acceptors (Lipinski definition) is 5. The highest BCUT2D eigenvalue weighted by molar-refractivity contribution is 5.77. The molecule has 1 aliphatic rings. The van der Waals surface area contributed by atoms with Crippen molar-refractivity contribution in [2.24, 2.45) is 0 Å². The Morgan fingerprint density at radius 2 is 1.52 bits per heavy atom. The van der Waals surface area contributed by atoms with Gasteiger partial charge in [0.1, 0.15) is 5.75 Å². The first-order valence-electron chi connectivity index (χ1n) is 9.19. The van der Waals surface area contributed by atoms with Crippen LogP contribution in [0.15, 0.2) is 59.0 Å². The van der Waals surface area contributed by atoms with Gasteiger partial charge in [-0.05, 0) is 55.7 Å². The van der Waals surface area contributed by atoms with Crippen LogP contribution in [0.4, 0.5) is 0 Å². The van der Waals surface area contributed by atoms with Gasteiger partial charge in [0.2, 0.25) is 11.8 Å². The maximum atomic E-state index is 12.2. The van der Waals surface area contributed by atoms with Gasteiger partial charge in [0.05, 0.1) is 0 Å². The third-order valence-corrected chi connectivity index (χ3v) is 4.62. The molecule has 6 nitrogen and oxygen atoms in total. The Balaban J connectivity index is 1.37. The highest BCUT2D eigenvalue weighted by Gasteiger charge is 2.17. The zero-order valence-corrected chi connectivity index (χ0v) is 15.0. The van der Waals surface area contributed by atoms with E-state index >= 15 is 0 Å². The summed E-state index contributed by atoms with van der Waals surface area (Å²) in [6.07, 6.45) is 3.36. The average Bonchev–Trinajstić information content (AvgIpc) is 3.24. The Bertz CT molecular complexity index is 885. The van der Waals surface area contributed by atoms with Gasteiger partial charge in [-0.15, -0.1) is 10.2 Å². The van der Waals surface area contributed by atoms with Gasteiger partial charge in [-0.1, -0.05) is 18.2 Å². The third-order valence-electron chi connectivity index (χ3n) is 4.62. The summed E-state index contributed by atoms with van der Waals surface area (Å²) in [6.45, 7) is 1.74. The monoisotopic (exact) mass is 363 g/mol. The zero-order valence-electron chi connectivity index (χ0n) is 15.0. The van der Waals surface area contributed by atoms with Crippen molar-refractivity contribution in [3.05, 3.63) is 54.6 Å². The molecule has 3 aromatic rings. The van der Waals surface area contributed by atoms with Crippen molar-refractivity contribution in [1.82, 2.24) is 15.1 Å². The largest absolute Gasteiger partial charge is 0.484 e. The molecule has 0 saturated carbocycles. The third kappa shape index (κ3) is 4.16. The molecule has 1 aliphatic heterocycles. The highest BCUT2D eigenvalue weighted by atomic mass is 16.5. The summed E-state index contributed by atoms with van der Waals surface area (Å²) in [4.78, 5) is 14.0. The number of ether oxygens (including phenoxy) is 1. The number of piperidine rings is 1. The van der Waals surface area contributed by atoms with E-state index in [1.54, 1.807) is 0 Å². The van der Waals surface area contributed by atoms with Crippen LogP contribution in [0.5, 0.6) is 5.75 Å². The number of benzene rings is 2. The van der Waals surface area contributed by atoms with Crippen molar-refractivity contribution in [3.8, 4) is 28.7 Å². The fraction of sp³-hybridized carbons (Fsp3) is 0.286. The zero-order chi connectivity index (χ0) is 18.5. The molecule has 0 spiro atoms. The standard InChI is InChI=1S/C21H21N3O3/c25-19(24-13-5-2-6-14-24)15-26-18-11-9-17(10-12-18)21-23-22-20(27-21)16-7-3-1-4-8-16/h1,3-4,7-12H,2,5-6,13-15H2. The minimum atomic E-state index is 0.0446. The lowest BCUT2D eigenvalue weighted by atomic mass is 10.1. The molecule has 0 aliphatic carbocycles. The second-order valence-electron chi connectivity index (χ2n) is 6.53. The van der Waals surface area contributed by atoms with Crippen LogP contribution in [0.25, 0.3) is 22.9 Å². The van der Waals surface area contributed by atoms with E-state index in [1.807, 2.05) is 59.5 Å². The smallest absolute Gasteiger partial charge is 0.260 e. The van der Waals surface area contributed by atoms with Crippen LogP contribution in [-0.4, -0.2) is 40.7 Å². The van der Waals surface area contributed by atoms with E-state index in [0.29, 0.717) is 17.5 Å². The quantitative estimate of drug-likeness (QED) is 0.690. The number of rotatable bonds is 5. The van der Waals surface area contributed by atoms with Crippen molar-refractivity contribution in [1.29, 1.82) is 0 Å². The van der Waals surface area contributed by atoms with Crippen LogP contribution in [0, 0.1) is 0 Å².